The predicted octanol–water partition coefficient (Wildman–Crippen LogP) is 3.19. The van der Waals surface area contributed by atoms with Crippen LogP contribution in [0, 0.1) is 5.92 Å². The summed E-state index contributed by atoms with van der Waals surface area (Å²) in [6.07, 6.45) is 6.48. The van der Waals surface area contributed by atoms with Crippen LogP contribution in [0.4, 0.5) is 0 Å². The van der Waals surface area contributed by atoms with Crippen LogP contribution < -0.4 is 5.32 Å². The van der Waals surface area contributed by atoms with Gasteiger partial charge >= 0.3 is 0 Å². The number of likely N-dealkylation sites (tertiary alicyclic amines) is 1. The van der Waals surface area contributed by atoms with E-state index in [2.05, 4.69) is 24.1 Å². The Bertz CT molecular complexity index is 431. The molecule has 3 rings (SSSR count). The van der Waals surface area contributed by atoms with Crippen molar-refractivity contribution in [2.45, 2.75) is 65.1 Å². The first-order valence-electron chi connectivity index (χ1n) is 8.17. The molecule has 4 heteroatoms. The molecule has 1 aromatic heterocycles. The van der Waals surface area contributed by atoms with Crippen molar-refractivity contribution < 1.29 is 0 Å². The van der Waals surface area contributed by atoms with Crippen LogP contribution in [0.25, 0.3) is 0 Å². The van der Waals surface area contributed by atoms with E-state index in [1.165, 1.54) is 54.4 Å². The quantitative estimate of drug-likeness (QED) is 0.873. The SMILES string of the molecule is CCc1nc(CN2CCC(C)CC2)sc1CNC1CC1. The third-order valence-corrected chi connectivity index (χ3v) is 5.60. The lowest BCUT2D eigenvalue weighted by atomic mass is 9.99. The largest absolute Gasteiger partial charge is 0.309 e. The van der Waals surface area contributed by atoms with E-state index in [9.17, 15) is 0 Å². The highest BCUT2D eigenvalue weighted by Gasteiger charge is 2.22. The number of rotatable bonds is 6. The maximum Gasteiger partial charge on any atom is 0.107 e. The molecule has 2 aliphatic rings. The minimum Gasteiger partial charge on any atom is -0.309 e. The van der Waals surface area contributed by atoms with Crippen molar-refractivity contribution in [3.63, 3.8) is 0 Å². The molecular weight excluding hydrogens is 266 g/mol. The Kier molecular flexibility index (Phi) is 4.74. The topological polar surface area (TPSA) is 28.2 Å². The highest BCUT2D eigenvalue weighted by Crippen LogP contribution is 2.25. The van der Waals surface area contributed by atoms with E-state index in [0.29, 0.717) is 0 Å². The maximum atomic E-state index is 4.88. The first-order chi connectivity index (χ1) is 9.74. The van der Waals surface area contributed by atoms with Crippen LogP contribution in [0.1, 0.15) is 55.1 Å². The van der Waals surface area contributed by atoms with E-state index in [0.717, 1.165) is 31.5 Å². The second-order valence-electron chi connectivity index (χ2n) is 6.44. The van der Waals surface area contributed by atoms with Crippen LogP contribution in [0.15, 0.2) is 0 Å². The van der Waals surface area contributed by atoms with Gasteiger partial charge in [0.15, 0.2) is 0 Å². The van der Waals surface area contributed by atoms with Gasteiger partial charge in [-0.25, -0.2) is 4.98 Å². The number of aromatic nitrogens is 1. The van der Waals surface area contributed by atoms with Gasteiger partial charge in [-0.1, -0.05) is 13.8 Å². The molecule has 0 spiro atoms. The molecule has 2 heterocycles. The van der Waals surface area contributed by atoms with Crippen molar-refractivity contribution >= 4 is 11.3 Å². The summed E-state index contributed by atoms with van der Waals surface area (Å²) >= 11 is 1.93. The summed E-state index contributed by atoms with van der Waals surface area (Å²) in [5, 5.41) is 4.95. The number of aryl methyl sites for hydroxylation is 1. The lowest BCUT2D eigenvalue weighted by molar-refractivity contribution is 0.185. The number of hydrogen-bond donors (Lipinski definition) is 1. The summed E-state index contributed by atoms with van der Waals surface area (Å²) < 4.78 is 0. The van der Waals surface area contributed by atoms with E-state index in [4.69, 9.17) is 4.98 Å². The van der Waals surface area contributed by atoms with Crippen LogP contribution in [0.5, 0.6) is 0 Å². The van der Waals surface area contributed by atoms with Crippen molar-refractivity contribution in [2.24, 2.45) is 5.92 Å². The van der Waals surface area contributed by atoms with E-state index in [-0.39, 0.29) is 0 Å². The molecule has 0 radical (unpaired) electrons. The number of thiazole rings is 1. The van der Waals surface area contributed by atoms with E-state index >= 15 is 0 Å². The summed E-state index contributed by atoms with van der Waals surface area (Å²) in [5.41, 5.74) is 1.32. The normalized spacial score (nSPS) is 21.5. The summed E-state index contributed by atoms with van der Waals surface area (Å²) in [4.78, 5) is 8.93. The summed E-state index contributed by atoms with van der Waals surface area (Å²) in [7, 11) is 0. The minimum absolute atomic E-state index is 0.786. The van der Waals surface area contributed by atoms with Crippen LogP contribution in [0.3, 0.4) is 0 Å². The Morgan fingerprint density at radius 3 is 2.65 bits per heavy atom. The molecule has 0 atom stereocenters. The molecule has 20 heavy (non-hydrogen) atoms. The lowest BCUT2D eigenvalue weighted by Crippen LogP contribution is -2.32. The van der Waals surface area contributed by atoms with E-state index in [1.807, 2.05) is 11.3 Å². The second-order valence-corrected chi connectivity index (χ2v) is 7.61. The number of nitrogens with zero attached hydrogens (tertiary/aromatic N) is 2. The van der Waals surface area contributed by atoms with E-state index in [1.54, 1.807) is 0 Å². The molecule has 0 amide bonds. The van der Waals surface area contributed by atoms with Gasteiger partial charge in [-0.3, -0.25) is 4.90 Å². The molecule has 0 bridgehead atoms. The fraction of sp³-hybridized carbons (Fsp3) is 0.812. The molecule has 3 nitrogen and oxygen atoms in total. The van der Waals surface area contributed by atoms with Crippen LogP contribution in [-0.4, -0.2) is 29.0 Å². The zero-order chi connectivity index (χ0) is 13.9. The molecule has 112 valence electrons. The molecule has 1 aliphatic heterocycles. The maximum absolute atomic E-state index is 4.88. The standard InChI is InChI=1S/C16H27N3S/c1-3-14-15(10-17-13-4-5-13)20-16(18-14)11-19-8-6-12(2)7-9-19/h12-13,17H,3-11H2,1-2H3. The first kappa shape index (κ1) is 14.5. The van der Waals surface area contributed by atoms with Crippen LogP contribution in [-0.2, 0) is 19.5 Å². The molecular formula is C16H27N3S. The van der Waals surface area contributed by atoms with Gasteiger partial charge in [0.1, 0.15) is 5.01 Å². The highest BCUT2D eigenvalue weighted by molar-refractivity contribution is 7.11. The smallest absolute Gasteiger partial charge is 0.107 e. The number of nitrogens with one attached hydrogen (secondary N) is 1. The van der Waals surface area contributed by atoms with E-state index < -0.39 is 0 Å². The third-order valence-electron chi connectivity index (χ3n) is 4.52. The Labute approximate surface area is 126 Å². The minimum atomic E-state index is 0.786. The highest BCUT2D eigenvalue weighted by atomic mass is 32.1. The van der Waals surface area contributed by atoms with Crippen molar-refractivity contribution in [3.8, 4) is 0 Å². The fourth-order valence-corrected chi connectivity index (χ4v) is 4.01. The number of piperidine rings is 1. The molecule has 0 unspecified atom stereocenters. The van der Waals surface area contributed by atoms with Gasteiger partial charge in [0.2, 0.25) is 0 Å². The molecule has 0 aromatic carbocycles. The van der Waals surface area contributed by atoms with Gasteiger partial charge < -0.3 is 5.32 Å². The van der Waals surface area contributed by atoms with Crippen LogP contribution >= 0.6 is 11.3 Å². The Morgan fingerprint density at radius 2 is 2.00 bits per heavy atom. The molecule has 2 fully saturated rings. The first-order valence-corrected chi connectivity index (χ1v) is 8.99. The Hall–Kier alpha value is -0.450. The molecule has 1 saturated heterocycles. The van der Waals surface area contributed by atoms with Crippen LogP contribution in [0.2, 0.25) is 0 Å². The summed E-state index contributed by atoms with van der Waals surface area (Å²) in [6, 6.07) is 0.786. The third kappa shape index (κ3) is 3.80. The van der Waals surface area contributed by atoms with Gasteiger partial charge in [-0.15, -0.1) is 11.3 Å². The van der Waals surface area contributed by atoms with Crippen molar-refractivity contribution in [1.82, 2.24) is 15.2 Å². The summed E-state index contributed by atoms with van der Waals surface area (Å²) in [6.45, 7) is 9.19. The lowest BCUT2D eigenvalue weighted by Gasteiger charge is -2.29. The molecule has 1 saturated carbocycles. The fourth-order valence-electron chi connectivity index (χ4n) is 2.85. The Balaban J connectivity index is 1.57. The predicted molar refractivity (Wildman–Crippen MR) is 85.0 cm³/mol. The number of hydrogen-bond acceptors (Lipinski definition) is 4. The van der Waals surface area contributed by atoms with Crippen molar-refractivity contribution in [2.75, 3.05) is 13.1 Å². The summed E-state index contributed by atoms with van der Waals surface area (Å²) in [5.74, 6) is 0.909. The molecule has 1 N–H and O–H groups in total. The van der Waals surface area contributed by atoms with Gasteiger partial charge in [0.05, 0.1) is 12.2 Å². The zero-order valence-electron chi connectivity index (χ0n) is 12.8. The van der Waals surface area contributed by atoms with Gasteiger partial charge in [-0.05, 0) is 51.1 Å². The Morgan fingerprint density at radius 1 is 1.25 bits per heavy atom. The zero-order valence-corrected chi connectivity index (χ0v) is 13.6. The average molecular weight is 293 g/mol. The van der Waals surface area contributed by atoms with Crippen molar-refractivity contribution in [3.05, 3.63) is 15.6 Å². The van der Waals surface area contributed by atoms with Gasteiger partial charge in [0, 0.05) is 17.5 Å². The monoisotopic (exact) mass is 293 g/mol. The molecule has 1 aromatic rings. The van der Waals surface area contributed by atoms with Gasteiger partial charge in [-0.2, -0.15) is 0 Å². The average Bonchev–Trinajstić information content (AvgIpc) is 3.20. The molecule has 1 aliphatic carbocycles. The van der Waals surface area contributed by atoms with Gasteiger partial charge in [0.25, 0.3) is 0 Å². The van der Waals surface area contributed by atoms with Crippen molar-refractivity contribution in [1.29, 1.82) is 0 Å². The second kappa shape index (κ2) is 6.54.